The SMILES string of the molecule is COC[C@H]1CN(CC2CC2)C[C@@]12CCN(C(=O)CC1CC1)C2. The molecule has 0 radical (unpaired) electrons. The van der Waals surface area contributed by atoms with Crippen molar-refractivity contribution in [3.63, 3.8) is 0 Å². The second-order valence-electron chi connectivity index (χ2n) is 8.36. The molecule has 0 unspecified atom stereocenters. The number of ether oxygens (including phenoxy) is 1. The zero-order valence-electron chi connectivity index (χ0n) is 13.9. The number of amides is 1. The number of carbonyl (C=O) groups excluding carboxylic acids is 1. The lowest BCUT2D eigenvalue weighted by Crippen LogP contribution is -2.38. The van der Waals surface area contributed by atoms with Crippen LogP contribution in [-0.4, -0.2) is 62.1 Å². The molecule has 4 heteroatoms. The predicted octanol–water partition coefficient (Wildman–Crippen LogP) is 1.99. The van der Waals surface area contributed by atoms with Gasteiger partial charge in [0.2, 0.25) is 5.91 Å². The molecule has 4 nitrogen and oxygen atoms in total. The van der Waals surface area contributed by atoms with E-state index < -0.39 is 0 Å². The third kappa shape index (κ3) is 3.05. The van der Waals surface area contributed by atoms with Gasteiger partial charge in [-0.3, -0.25) is 4.79 Å². The van der Waals surface area contributed by atoms with E-state index in [0.29, 0.717) is 23.2 Å². The summed E-state index contributed by atoms with van der Waals surface area (Å²) >= 11 is 0. The molecule has 4 rings (SSSR count). The second kappa shape index (κ2) is 5.79. The average molecular weight is 306 g/mol. The van der Waals surface area contributed by atoms with E-state index in [0.717, 1.165) is 32.0 Å². The second-order valence-corrected chi connectivity index (χ2v) is 8.36. The van der Waals surface area contributed by atoms with Crippen molar-refractivity contribution in [1.82, 2.24) is 9.80 Å². The van der Waals surface area contributed by atoms with Gasteiger partial charge in [-0.2, -0.15) is 0 Å². The van der Waals surface area contributed by atoms with E-state index >= 15 is 0 Å². The van der Waals surface area contributed by atoms with Crippen molar-refractivity contribution in [2.24, 2.45) is 23.2 Å². The number of hydrogen-bond donors (Lipinski definition) is 0. The average Bonchev–Trinajstić information content (AvgIpc) is 3.40. The fourth-order valence-corrected chi connectivity index (χ4v) is 4.65. The molecule has 1 amide bonds. The molecule has 124 valence electrons. The van der Waals surface area contributed by atoms with Crippen LogP contribution in [0.15, 0.2) is 0 Å². The normalized spacial score (nSPS) is 35.7. The smallest absolute Gasteiger partial charge is 0.222 e. The van der Waals surface area contributed by atoms with Gasteiger partial charge in [0.05, 0.1) is 6.61 Å². The van der Waals surface area contributed by atoms with Crippen molar-refractivity contribution < 1.29 is 9.53 Å². The van der Waals surface area contributed by atoms with E-state index in [-0.39, 0.29) is 0 Å². The Balaban J connectivity index is 1.40. The zero-order chi connectivity index (χ0) is 15.2. The van der Waals surface area contributed by atoms with Crippen molar-refractivity contribution in [3.8, 4) is 0 Å². The standard InChI is InChI=1S/C18H30N2O2/c1-22-11-16-10-19(9-15-4-5-15)12-18(16)6-7-20(13-18)17(21)8-14-2-3-14/h14-16H,2-13H2,1H3/t16-,18-/m1/s1. The van der Waals surface area contributed by atoms with Crippen molar-refractivity contribution in [2.45, 2.75) is 38.5 Å². The highest BCUT2D eigenvalue weighted by atomic mass is 16.5. The Morgan fingerprint density at radius 2 is 1.95 bits per heavy atom. The summed E-state index contributed by atoms with van der Waals surface area (Å²) < 4.78 is 5.52. The molecular weight excluding hydrogens is 276 g/mol. The summed E-state index contributed by atoms with van der Waals surface area (Å²) in [5.74, 6) is 2.67. The van der Waals surface area contributed by atoms with Crippen LogP contribution in [0.1, 0.15) is 38.5 Å². The number of likely N-dealkylation sites (tertiary alicyclic amines) is 2. The van der Waals surface area contributed by atoms with Gasteiger partial charge >= 0.3 is 0 Å². The first-order valence-corrected chi connectivity index (χ1v) is 9.17. The number of rotatable bonds is 6. The summed E-state index contributed by atoms with van der Waals surface area (Å²) in [6, 6.07) is 0. The van der Waals surface area contributed by atoms with Gasteiger partial charge in [-0.1, -0.05) is 0 Å². The summed E-state index contributed by atoms with van der Waals surface area (Å²) in [6.07, 6.45) is 7.36. The van der Waals surface area contributed by atoms with Crippen LogP contribution >= 0.6 is 0 Å². The molecule has 2 aliphatic carbocycles. The molecule has 4 fully saturated rings. The van der Waals surface area contributed by atoms with Crippen LogP contribution in [0.25, 0.3) is 0 Å². The third-order valence-electron chi connectivity index (χ3n) is 6.36. The molecule has 2 saturated heterocycles. The minimum absolute atomic E-state index is 0.310. The minimum Gasteiger partial charge on any atom is -0.384 e. The summed E-state index contributed by atoms with van der Waals surface area (Å²) in [4.78, 5) is 17.3. The van der Waals surface area contributed by atoms with Crippen LogP contribution in [0.2, 0.25) is 0 Å². The lowest BCUT2D eigenvalue weighted by molar-refractivity contribution is -0.131. The Bertz CT molecular complexity index is 433. The Morgan fingerprint density at radius 3 is 2.64 bits per heavy atom. The maximum Gasteiger partial charge on any atom is 0.222 e. The lowest BCUT2D eigenvalue weighted by atomic mass is 9.77. The van der Waals surface area contributed by atoms with Gasteiger partial charge in [0.15, 0.2) is 0 Å². The lowest BCUT2D eigenvalue weighted by Gasteiger charge is -2.30. The van der Waals surface area contributed by atoms with E-state index in [2.05, 4.69) is 9.80 Å². The zero-order valence-corrected chi connectivity index (χ0v) is 13.9. The van der Waals surface area contributed by atoms with E-state index in [9.17, 15) is 4.79 Å². The molecule has 4 aliphatic rings. The maximum absolute atomic E-state index is 12.5. The van der Waals surface area contributed by atoms with Crippen LogP contribution in [0, 0.1) is 23.2 Å². The van der Waals surface area contributed by atoms with Gasteiger partial charge in [0.1, 0.15) is 0 Å². The molecule has 2 saturated carbocycles. The highest BCUT2D eigenvalue weighted by Crippen LogP contribution is 2.46. The molecule has 1 spiro atoms. The van der Waals surface area contributed by atoms with E-state index in [1.165, 1.54) is 51.7 Å². The van der Waals surface area contributed by atoms with Gasteiger partial charge in [0.25, 0.3) is 0 Å². The van der Waals surface area contributed by atoms with Gasteiger partial charge in [0, 0.05) is 57.6 Å². The van der Waals surface area contributed by atoms with Crippen molar-refractivity contribution in [1.29, 1.82) is 0 Å². The van der Waals surface area contributed by atoms with Crippen LogP contribution in [0.5, 0.6) is 0 Å². The highest BCUT2D eigenvalue weighted by molar-refractivity contribution is 5.77. The van der Waals surface area contributed by atoms with E-state index in [4.69, 9.17) is 4.74 Å². The number of methoxy groups -OCH3 is 1. The molecular formula is C18H30N2O2. The molecule has 2 aliphatic heterocycles. The number of nitrogens with zero attached hydrogens (tertiary/aromatic N) is 2. The highest BCUT2D eigenvalue weighted by Gasteiger charge is 2.51. The predicted molar refractivity (Wildman–Crippen MR) is 85.5 cm³/mol. The summed E-state index contributed by atoms with van der Waals surface area (Å²) in [7, 11) is 1.82. The molecule has 0 aromatic carbocycles. The molecule has 2 heterocycles. The molecule has 0 aromatic rings. The Hall–Kier alpha value is -0.610. The largest absolute Gasteiger partial charge is 0.384 e. The van der Waals surface area contributed by atoms with Crippen molar-refractivity contribution >= 4 is 5.91 Å². The first-order valence-electron chi connectivity index (χ1n) is 9.17. The number of carbonyl (C=O) groups is 1. The fourth-order valence-electron chi connectivity index (χ4n) is 4.65. The van der Waals surface area contributed by atoms with E-state index in [1.807, 2.05) is 7.11 Å². The Kier molecular flexibility index (Phi) is 3.93. The first-order chi connectivity index (χ1) is 10.7. The van der Waals surface area contributed by atoms with Crippen LogP contribution in [0.3, 0.4) is 0 Å². The summed E-state index contributed by atoms with van der Waals surface area (Å²) in [5.41, 5.74) is 0.310. The molecule has 22 heavy (non-hydrogen) atoms. The van der Waals surface area contributed by atoms with Crippen LogP contribution < -0.4 is 0 Å². The monoisotopic (exact) mass is 306 g/mol. The molecule has 0 aromatic heterocycles. The van der Waals surface area contributed by atoms with Gasteiger partial charge in [-0.25, -0.2) is 0 Å². The molecule has 2 atom stereocenters. The van der Waals surface area contributed by atoms with E-state index in [1.54, 1.807) is 0 Å². The Morgan fingerprint density at radius 1 is 1.18 bits per heavy atom. The third-order valence-corrected chi connectivity index (χ3v) is 6.36. The molecule has 0 bridgehead atoms. The summed E-state index contributed by atoms with van der Waals surface area (Å²) in [5, 5.41) is 0. The minimum atomic E-state index is 0.310. The van der Waals surface area contributed by atoms with Crippen molar-refractivity contribution in [2.75, 3.05) is 46.4 Å². The topological polar surface area (TPSA) is 32.8 Å². The van der Waals surface area contributed by atoms with Gasteiger partial charge in [-0.05, 0) is 43.9 Å². The number of hydrogen-bond acceptors (Lipinski definition) is 3. The quantitative estimate of drug-likeness (QED) is 0.752. The first kappa shape index (κ1) is 14.9. The van der Waals surface area contributed by atoms with Crippen molar-refractivity contribution in [3.05, 3.63) is 0 Å². The maximum atomic E-state index is 12.5. The van der Waals surface area contributed by atoms with Gasteiger partial charge in [-0.15, -0.1) is 0 Å². The van der Waals surface area contributed by atoms with Gasteiger partial charge < -0.3 is 14.5 Å². The van der Waals surface area contributed by atoms with Crippen LogP contribution in [-0.2, 0) is 9.53 Å². The van der Waals surface area contributed by atoms with Crippen LogP contribution in [0.4, 0.5) is 0 Å². The summed E-state index contributed by atoms with van der Waals surface area (Å²) in [6.45, 7) is 6.44. The molecule has 0 N–H and O–H groups in total. The Labute approximate surface area is 134 Å². The fraction of sp³-hybridized carbons (Fsp3) is 0.944.